The summed E-state index contributed by atoms with van der Waals surface area (Å²) in [5, 5.41) is 3.81. The zero-order chi connectivity index (χ0) is 19.2. The van der Waals surface area contributed by atoms with Crippen LogP contribution in [0.2, 0.25) is 0 Å². The lowest BCUT2D eigenvalue weighted by atomic mass is 10.1. The number of nitrogens with zero attached hydrogens (tertiary/aromatic N) is 4. The number of aromatic nitrogens is 3. The van der Waals surface area contributed by atoms with Gasteiger partial charge >= 0.3 is 6.18 Å². The van der Waals surface area contributed by atoms with Crippen molar-refractivity contribution in [1.82, 2.24) is 19.5 Å². The van der Waals surface area contributed by atoms with Crippen LogP contribution < -0.4 is 0 Å². The van der Waals surface area contributed by atoms with Gasteiger partial charge in [-0.3, -0.25) is 4.79 Å². The van der Waals surface area contributed by atoms with Gasteiger partial charge < -0.3 is 4.90 Å². The second kappa shape index (κ2) is 6.37. The van der Waals surface area contributed by atoms with E-state index in [1.165, 1.54) is 6.20 Å². The Morgan fingerprint density at radius 3 is 2.41 bits per heavy atom. The molecule has 0 radical (unpaired) electrons. The van der Waals surface area contributed by atoms with Gasteiger partial charge in [-0.25, -0.2) is 9.50 Å². The number of amides is 1. The molecule has 140 valence electrons. The average molecular weight is 374 g/mol. The summed E-state index contributed by atoms with van der Waals surface area (Å²) in [6.45, 7) is 3.09. The largest absolute Gasteiger partial charge is 0.433 e. The molecule has 0 saturated carbocycles. The van der Waals surface area contributed by atoms with Crippen LogP contribution in [0.15, 0.2) is 36.5 Å². The zero-order valence-electron chi connectivity index (χ0n) is 14.6. The van der Waals surface area contributed by atoms with E-state index in [1.807, 2.05) is 6.92 Å². The van der Waals surface area contributed by atoms with Gasteiger partial charge in [-0.15, -0.1) is 0 Å². The monoisotopic (exact) mass is 374 g/mol. The van der Waals surface area contributed by atoms with Crippen molar-refractivity contribution in [2.24, 2.45) is 0 Å². The number of rotatable bonds is 2. The van der Waals surface area contributed by atoms with Crippen LogP contribution in [0.4, 0.5) is 13.2 Å². The molecule has 1 saturated heterocycles. The molecule has 27 heavy (non-hydrogen) atoms. The molecule has 0 spiro atoms. The van der Waals surface area contributed by atoms with Gasteiger partial charge in [0, 0.05) is 18.7 Å². The summed E-state index contributed by atoms with van der Waals surface area (Å²) in [4.78, 5) is 18.7. The number of hydrogen-bond donors (Lipinski definition) is 0. The number of aryl methyl sites for hydroxylation is 1. The number of benzene rings is 1. The second-order valence-corrected chi connectivity index (χ2v) is 6.68. The minimum atomic E-state index is -4.62. The van der Waals surface area contributed by atoms with Gasteiger partial charge in [-0.2, -0.15) is 18.3 Å². The molecule has 3 aromatic rings. The lowest BCUT2D eigenvalue weighted by Crippen LogP contribution is -2.27. The quantitative estimate of drug-likeness (QED) is 0.682. The molecule has 1 aliphatic rings. The van der Waals surface area contributed by atoms with Gasteiger partial charge in [0.15, 0.2) is 11.3 Å². The van der Waals surface area contributed by atoms with Gasteiger partial charge in [0.2, 0.25) is 0 Å². The van der Waals surface area contributed by atoms with Gasteiger partial charge in [-0.05, 0) is 25.8 Å². The molecule has 1 aromatic carbocycles. The van der Waals surface area contributed by atoms with Crippen molar-refractivity contribution in [2.75, 3.05) is 13.1 Å². The van der Waals surface area contributed by atoms with Crippen molar-refractivity contribution >= 4 is 11.6 Å². The van der Waals surface area contributed by atoms with Gasteiger partial charge in [0.1, 0.15) is 5.56 Å². The standard InChI is InChI=1S/C19H17F3N4O/c1-12-4-6-13(7-5-12)15-10-16(19(20,21)22)26-17(24-15)14(11-23-26)18(27)25-8-2-3-9-25/h4-7,10-11H,2-3,8-9H2,1H3. The maximum Gasteiger partial charge on any atom is 0.433 e. The lowest BCUT2D eigenvalue weighted by molar-refractivity contribution is -0.142. The van der Waals surface area contributed by atoms with Crippen LogP contribution in [0.25, 0.3) is 16.9 Å². The molecule has 3 heterocycles. The summed E-state index contributed by atoms with van der Waals surface area (Å²) in [6, 6.07) is 8.01. The van der Waals surface area contributed by atoms with Crippen LogP contribution >= 0.6 is 0 Å². The third-order valence-electron chi connectivity index (χ3n) is 4.73. The first-order valence-corrected chi connectivity index (χ1v) is 8.67. The predicted octanol–water partition coefficient (Wildman–Crippen LogP) is 3.96. The van der Waals surface area contributed by atoms with Crippen molar-refractivity contribution < 1.29 is 18.0 Å². The van der Waals surface area contributed by atoms with Crippen LogP contribution in [0, 0.1) is 6.92 Å². The topological polar surface area (TPSA) is 50.5 Å². The van der Waals surface area contributed by atoms with Crippen LogP contribution in [0.3, 0.4) is 0 Å². The molecule has 0 aliphatic carbocycles. The summed E-state index contributed by atoms with van der Waals surface area (Å²) in [5.74, 6) is -0.329. The number of carbonyl (C=O) groups excluding carboxylic acids is 1. The van der Waals surface area contributed by atoms with Crippen LogP contribution in [0.5, 0.6) is 0 Å². The van der Waals surface area contributed by atoms with E-state index in [1.54, 1.807) is 29.2 Å². The number of carbonyl (C=O) groups is 1. The highest BCUT2D eigenvalue weighted by Crippen LogP contribution is 2.33. The number of hydrogen-bond acceptors (Lipinski definition) is 3. The summed E-state index contributed by atoms with van der Waals surface area (Å²) in [6.07, 6.45) is -1.67. The fourth-order valence-electron chi connectivity index (χ4n) is 3.28. The SMILES string of the molecule is Cc1ccc(-c2cc(C(F)(F)F)n3ncc(C(=O)N4CCCC4)c3n2)cc1. The smallest absolute Gasteiger partial charge is 0.338 e. The molecule has 2 aromatic heterocycles. The van der Waals surface area contributed by atoms with Gasteiger partial charge in [0.05, 0.1) is 11.9 Å². The lowest BCUT2D eigenvalue weighted by Gasteiger charge is -2.15. The van der Waals surface area contributed by atoms with E-state index in [9.17, 15) is 18.0 Å². The Hall–Kier alpha value is -2.90. The Kier molecular flexibility index (Phi) is 4.13. The minimum Gasteiger partial charge on any atom is -0.338 e. The van der Waals surface area contributed by atoms with Crippen molar-refractivity contribution in [1.29, 1.82) is 0 Å². The van der Waals surface area contributed by atoms with Crippen molar-refractivity contribution in [3.8, 4) is 11.3 Å². The maximum absolute atomic E-state index is 13.6. The molecule has 0 bridgehead atoms. The number of likely N-dealkylation sites (tertiary alicyclic amines) is 1. The first kappa shape index (κ1) is 17.5. The summed E-state index contributed by atoms with van der Waals surface area (Å²) in [7, 11) is 0. The van der Waals surface area contributed by atoms with Crippen molar-refractivity contribution in [3.63, 3.8) is 0 Å². The highest BCUT2D eigenvalue weighted by atomic mass is 19.4. The number of fused-ring (bicyclic) bond motifs is 1. The second-order valence-electron chi connectivity index (χ2n) is 6.68. The predicted molar refractivity (Wildman–Crippen MR) is 93.3 cm³/mol. The summed E-state index contributed by atoms with van der Waals surface area (Å²) < 4.78 is 41.5. The molecule has 5 nitrogen and oxygen atoms in total. The Balaban J connectivity index is 1.91. The fraction of sp³-hybridized carbons (Fsp3) is 0.316. The van der Waals surface area contributed by atoms with E-state index in [0.717, 1.165) is 24.5 Å². The van der Waals surface area contributed by atoms with Crippen molar-refractivity contribution in [3.05, 3.63) is 53.3 Å². The number of halogens is 3. The third kappa shape index (κ3) is 3.15. The minimum absolute atomic E-state index is 0.0719. The highest BCUT2D eigenvalue weighted by Gasteiger charge is 2.36. The summed E-state index contributed by atoms with van der Waals surface area (Å²) >= 11 is 0. The molecule has 0 unspecified atom stereocenters. The highest BCUT2D eigenvalue weighted by molar-refractivity contribution is 6.00. The van der Waals surface area contributed by atoms with E-state index >= 15 is 0 Å². The van der Waals surface area contributed by atoms with Gasteiger partial charge in [0.25, 0.3) is 5.91 Å². The first-order valence-electron chi connectivity index (χ1n) is 8.67. The Bertz CT molecular complexity index is 1000. The van der Waals surface area contributed by atoms with E-state index in [2.05, 4.69) is 10.1 Å². The van der Waals surface area contributed by atoms with E-state index < -0.39 is 11.9 Å². The van der Waals surface area contributed by atoms with Crippen LogP contribution in [0.1, 0.15) is 34.5 Å². The molecule has 1 aliphatic heterocycles. The van der Waals surface area contributed by atoms with E-state index in [4.69, 9.17) is 0 Å². The van der Waals surface area contributed by atoms with E-state index in [-0.39, 0.29) is 22.8 Å². The van der Waals surface area contributed by atoms with E-state index in [0.29, 0.717) is 23.2 Å². The number of alkyl halides is 3. The Labute approximate surface area is 153 Å². The zero-order valence-corrected chi connectivity index (χ0v) is 14.6. The molecule has 4 rings (SSSR count). The molecule has 0 atom stereocenters. The van der Waals surface area contributed by atoms with Crippen molar-refractivity contribution in [2.45, 2.75) is 25.9 Å². The Morgan fingerprint density at radius 2 is 1.78 bits per heavy atom. The van der Waals surface area contributed by atoms with Crippen LogP contribution in [-0.4, -0.2) is 38.5 Å². The van der Waals surface area contributed by atoms with Crippen LogP contribution in [-0.2, 0) is 6.18 Å². The molecule has 1 fully saturated rings. The summed E-state index contributed by atoms with van der Waals surface area (Å²) in [5.41, 5.74) is 0.766. The Morgan fingerprint density at radius 1 is 1.11 bits per heavy atom. The first-order chi connectivity index (χ1) is 12.8. The molecule has 1 amide bonds. The maximum atomic E-state index is 13.6. The third-order valence-corrected chi connectivity index (χ3v) is 4.73. The fourth-order valence-corrected chi connectivity index (χ4v) is 3.28. The normalized spacial score (nSPS) is 14.9. The van der Waals surface area contributed by atoms with Gasteiger partial charge in [-0.1, -0.05) is 29.8 Å². The molecule has 0 N–H and O–H groups in total. The molecular weight excluding hydrogens is 357 g/mol. The molecular formula is C19H17F3N4O. The average Bonchev–Trinajstić information content (AvgIpc) is 3.30. The molecule has 8 heteroatoms.